The van der Waals surface area contributed by atoms with Crippen molar-refractivity contribution in [3.05, 3.63) is 41.3 Å². The third kappa shape index (κ3) is 3.53. The quantitative estimate of drug-likeness (QED) is 0.675. The molecule has 0 spiro atoms. The van der Waals surface area contributed by atoms with E-state index in [0.717, 1.165) is 34.8 Å². The Morgan fingerprint density at radius 1 is 1.26 bits per heavy atom. The van der Waals surface area contributed by atoms with E-state index in [1.807, 2.05) is 26.0 Å². The number of hydrogen-bond donors (Lipinski definition) is 1. The SMILES string of the molecule is CCc1oc2ccc(N/C(=C/C(=O)OC)C(=O)OC)cc2c1C. The minimum absolute atomic E-state index is 0.00411. The van der Waals surface area contributed by atoms with Gasteiger partial charge in [0.2, 0.25) is 0 Å². The average molecular weight is 317 g/mol. The van der Waals surface area contributed by atoms with Crippen LogP contribution in [0.4, 0.5) is 5.69 Å². The third-order valence-corrected chi connectivity index (χ3v) is 3.50. The second-order valence-electron chi connectivity index (χ2n) is 4.91. The van der Waals surface area contributed by atoms with E-state index in [-0.39, 0.29) is 5.70 Å². The molecule has 0 atom stereocenters. The topological polar surface area (TPSA) is 77.8 Å². The van der Waals surface area contributed by atoms with Crippen LogP contribution < -0.4 is 5.32 Å². The zero-order chi connectivity index (χ0) is 17.0. The van der Waals surface area contributed by atoms with Crippen LogP contribution in [0.15, 0.2) is 34.4 Å². The number of carbonyl (C=O) groups is 2. The highest BCUT2D eigenvalue weighted by Gasteiger charge is 2.14. The van der Waals surface area contributed by atoms with Gasteiger partial charge in [0.05, 0.1) is 20.3 Å². The first-order valence-electron chi connectivity index (χ1n) is 7.17. The van der Waals surface area contributed by atoms with Crippen molar-refractivity contribution >= 4 is 28.6 Å². The van der Waals surface area contributed by atoms with Crippen molar-refractivity contribution in [2.24, 2.45) is 0 Å². The molecule has 0 saturated heterocycles. The molecule has 0 saturated carbocycles. The Hall–Kier alpha value is -2.76. The fourth-order valence-corrected chi connectivity index (χ4v) is 2.27. The van der Waals surface area contributed by atoms with Crippen molar-refractivity contribution in [2.75, 3.05) is 19.5 Å². The minimum atomic E-state index is -0.659. The standard InChI is InChI=1S/C17H19NO5/c1-5-14-10(2)12-8-11(6-7-15(12)23-14)18-13(17(20)22-4)9-16(19)21-3/h6-9,18H,5H2,1-4H3/b13-9+. The van der Waals surface area contributed by atoms with Crippen LogP contribution >= 0.6 is 0 Å². The number of furan rings is 1. The van der Waals surface area contributed by atoms with Gasteiger partial charge in [-0.25, -0.2) is 9.59 Å². The number of benzene rings is 1. The molecular weight excluding hydrogens is 298 g/mol. The van der Waals surface area contributed by atoms with Crippen LogP contribution in [-0.4, -0.2) is 26.2 Å². The number of rotatable bonds is 5. The molecule has 0 aliphatic carbocycles. The van der Waals surface area contributed by atoms with E-state index in [1.165, 1.54) is 14.2 Å². The van der Waals surface area contributed by atoms with Gasteiger partial charge in [-0.15, -0.1) is 0 Å². The molecule has 2 aromatic rings. The summed E-state index contributed by atoms with van der Waals surface area (Å²) in [5.74, 6) is -0.379. The molecule has 0 fully saturated rings. The van der Waals surface area contributed by atoms with Gasteiger partial charge in [0.15, 0.2) is 0 Å². The summed E-state index contributed by atoms with van der Waals surface area (Å²) in [6.07, 6.45) is 1.86. The Bertz CT molecular complexity index is 773. The Morgan fingerprint density at radius 2 is 2.00 bits per heavy atom. The third-order valence-electron chi connectivity index (χ3n) is 3.50. The van der Waals surface area contributed by atoms with E-state index in [9.17, 15) is 9.59 Å². The maximum absolute atomic E-state index is 11.8. The van der Waals surface area contributed by atoms with E-state index in [0.29, 0.717) is 5.69 Å². The molecule has 1 heterocycles. The molecule has 6 heteroatoms. The number of fused-ring (bicyclic) bond motifs is 1. The molecule has 1 aromatic heterocycles. The summed E-state index contributed by atoms with van der Waals surface area (Å²) < 4.78 is 15.0. The summed E-state index contributed by atoms with van der Waals surface area (Å²) in [6.45, 7) is 4.01. The van der Waals surface area contributed by atoms with Crippen LogP contribution in [0.5, 0.6) is 0 Å². The van der Waals surface area contributed by atoms with Crippen LogP contribution in [0.1, 0.15) is 18.2 Å². The molecule has 6 nitrogen and oxygen atoms in total. The Kier molecular flexibility index (Phi) is 5.05. The lowest BCUT2D eigenvalue weighted by molar-refractivity contribution is -0.138. The Morgan fingerprint density at radius 3 is 2.61 bits per heavy atom. The summed E-state index contributed by atoms with van der Waals surface area (Å²) in [5, 5.41) is 3.84. The first kappa shape index (κ1) is 16.6. The monoisotopic (exact) mass is 317 g/mol. The zero-order valence-electron chi connectivity index (χ0n) is 13.6. The van der Waals surface area contributed by atoms with E-state index in [1.54, 1.807) is 6.07 Å². The molecule has 0 radical (unpaired) electrons. The molecule has 1 aromatic carbocycles. The zero-order valence-corrected chi connectivity index (χ0v) is 13.6. The van der Waals surface area contributed by atoms with Gasteiger partial charge in [0.1, 0.15) is 17.0 Å². The van der Waals surface area contributed by atoms with Gasteiger partial charge in [0, 0.05) is 17.5 Å². The molecule has 0 amide bonds. The highest BCUT2D eigenvalue weighted by Crippen LogP contribution is 2.28. The number of esters is 2. The average Bonchev–Trinajstić information content (AvgIpc) is 2.89. The van der Waals surface area contributed by atoms with Crippen LogP contribution in [0, 0.1) is 6.92 Å². The maximum Gasteiger partial charge on any atom is 0.354 e. The van der Waals surface area contributed by atoms with E-state index in [2.05, 4.69) is 14.8 Å². The molecule has 2 rings (SSSR count). The summed E-state index contributed by atoms with van der Waals surface area (Å²) in [7, 11) is 2.48. The number of hydrogen-bond acceptors (Lipinski definition) is 6. The fraction of sp³-hybridized carbons (Fsp3) is 0.294. The van der Waals surface area contributed by atoms with Gasteiger partial charge in [0.25, 0.3) is 0 Å². The van der Waals surface area contributed by atoms with Crippen molar-refractivity contribution < 1.29 is 23.5 Å². The van der Waals surface area contributed by atoms with Gasteiger partial charge in [-0.1, -0.05) is 6.92 Å². The fourth-order valence-electron chi connectivity index (χ4n) is 2.27. The number of nitrogens with one attached hydrogen (secondary N) is 1. The highest BCUT2D eigenvalue weighted by atomic mass is 16.5. The Balaban J connectivity index is 2.38. The van der Waals surface area contributed by atoms with Gasteiger partial charge < -0.3 is 19.2 Å². The van der Waals surface area contributed by atoms with Crippen LogP contribution in [-0.2, 0) is 25.5 Å². The van der Waals surface area contributed by atoms with Crippen molar-refractivity contribution in [3.8, 4) is 0 Å². The number of ether oxygens (including phenoxy) is 2. The van der Waals surface area contributed by atoms with Gasteiger partial charge in [-0.3, -0.25) is 0 Å². The predicted molar refractivity (Wildman–Crippen MR) is 86.1 cm³/mol. The van der Waals surface area contributed by atoms with Crippen molar-refractivity contribution in [3.63, 3.8) is 0 Å². The lowest BCUT2D eigenvalue weighted by Gasteiger charge is -2.09. The summed E-state index contributed by atoms with van der Waals surface area (Å²) in [5.41, 5.74) is 2.48. The smallest absolute Gasteiger partial charge is 0.354 e. The van der Waals surface area contributed by atoms with Crippen molar-refractivity contribution in [1.29, 1.82) is 0 Å². The molecule has 23 heavy (non-hydrogen) atoms. The molecule has 0 unspecified atom stereocenters. The Labute approximate surface area is 134 Å². The predicted octanol–water partition coefficient (Wildman–Crippen LogP) is 2.95. The lowest BCUT2D eigenvalue weighted by atomic mass is 10.1. The normalized spacial score (nSPS) is 11.4. The van der Waals surface area contributed by atoms with Crippen molar-refractivity contribution in [2.45, 2.75) is 20.3 Å². The molecule has 122 valence electrons. The highest BCUT2D eigenvalue weighted by molar-refractivity contribution is 5.99. The lowest BCUT2D eigenvalue weighted by Crippen LogP contribution is -2.15. The van der Waals surface area contributed by atoms with Gasteiger partial charge in [-0.05, 0) is 30.7 Å². The molecule has 0 aliphatic rings. The second-order valence-corrected chi connectivity index (χ2v) is 4.91. The number of methoxy groups -OCH3 is 2. The van der Waals surface area contributed by atoms with Crippen molar-refractivity contribution in [1.82, 2.24) is 0 Å². The second kappa shape index (κ2) is 7.00. The van der Waals surface area contributed by atoms with E-state index in [4.69, 9.17) is 4.42 Å². The van der Waals surface area contributed by atoms with Gasteiger partial charge >= 0.3 is 11.9 Å². The number of aryl methyl sites for hydroxylation is 2. The number of anilines is 1. The molecule has 0 aliphatic heterocycles. The van der Waals surface area contributed by atoms with Crippen LogP contribution in [0.25, 0.3) is 11.0 Å². The first-order chi connectivity index (χ1) is 11.0. The van der Waals surface area contributed by atoms with Crippen LogP contribution in [0.3, 0.4) is 0 Å². The molecular formula is C17H19NO5. The summed E-state index contributed by atoms with van der Waals surface area (Å²) in [4.78, 5) is 23.1. The van der Waals surface area contributed by atoms with E-state index >= 15 is 0 Å². The first-order valence-corrected chi connectivity index (χ1v) is 7.17. The van der Waals surface area contributed by atoms with Gasteiger partial charge in [-0.2, -0.15) is 0 Å². The van der Waals surface area contributed by atoms with E-state index < -0.39 is 11.9 Å². The minimum Gasteiger partial charge on any atom is -0.466 e. The number of carbonyl (C=O) groups excluding carboxylic acids is 2. The maximum atomic E-state index is 11.8. The molecule has 1 N–H and O–H groups in total. The molecule has 0 bridgehead atoms. The van der Waals surface area contributed by atoms with Crippen LogP contribution in [0.2, 0.25) is 0 Å². The largest absolute Gasteiger partial charge is 0.466 e. The summed E-state index contributed by atoms with van der Waals surface area (Å²) in [6, 6.07) is 5.44. The summed E-state index contributed by atoms with van der Waals surface area (Å²) >= 11 is 0.